The van der Waals surface area contributed by atoms with E-state index in [0.29, 0.717) is 17.2 Å². The summed E-state index contributed by atoms with van der Waals surface area (Å²) >= 11 is 0. The number of aromatic nitrogens is 2. The minimum absolute atomic E-state index is 0.0932. The highest BCUT2D eigenvalue weighted by atomic mass is 16.3. The van der Waals surface area contributed by atoms with Gasteiger partial charge in [-0.3, -0.25) is 0 Å². The second kappa shape index (κ2) is 5.94. The molecule has 1 aliphatic carbocycles. The molecular weight excluding hydrogens is 266 g/mol. The predicted molar refractivity (Wildman–Crippen MR) is 80.9 cm³/mol. The van der Waals surface area contributed by atoms with Crippen LogP contribution in [0.2, 0.25) is 0 Å². The van der Waals surface area contributed by atoms with Gasteiger partial charge in [0.15, 0.2) is 5.82 Å². The average molecular weight is 289 g/mol. The number of piperidine rings is 1. The summed E-state index contributed by atoms with van der Waals surface area (Å²) in [5.74, 6) is 1.11. The first kappa shape index (κ1) is 14.2. The minimum Gasteiger partial charge on any atom is -0.391 e. The fourth-order valence-electron chi connectivity index (χ4n) is 3.50. The number of hydrogen-bond acceptors (Lipinski definition) is 5. The van der Waals surface area contributed by atoms with Crippen molar-refractivity contribution >= 4 is 11.6 Å². The van der Waals surface area contributed by atoms with E-state index in [1.807, 2.05) is 0 Å². The molecule has 0 bridgehead atoms. The number of hydrogen-bond donors (Lipinski definition) is 2. The number of aliphatic hydroxyl groups is 1. The quantitative estimate of drug-likeness (QED) is 0.866. The molecular formula is C15H23N5O. The maximum atomic E-state index is 10.2. The zero-order chi connectivity index (χ0) is 14.8. The van der Waals surface area contributed by atoms with Gasteiger partial charge in [-0.15, -0.1) is 0 Å². The molecule has 6 heteroatoms. The predicted octanol–water partition coefficient (Wildman–Crippen LogP) is 1.80. The standard InChI is InChI=1S/C15H23N5O/c16-10-11-14(17)20(12-6-2-3-7-13(12)21)18-15(11)19-8-4-1-5-9-19/h12-13,21H,1-9,17H2. The van der Waals surface area contributed by atoms with Crippen LogP contribution in [0.25, 0.3) is 0 Å². The summed E-state index contributed by atoms with van der Waals surface area (Å²) in [6.45, 7) is 1.86. The molecule has 2 fully saturated rings. The Hall–Kier alpha value is -1.74. The topological polar surface area (TPSA) is 91.1 Å². The molecule has 0 spiro atoms. The average Bonchev–Trinajstić information content (AvgIpc) is 2.85. The molecule has 2 heterocycles. The Morgan fingerprint density at radius 1 is 1.14 bits per heavy atom. The van der Waals surface area contributed by atoms with Crippen molar-refractivity contribution in [2.45, 2.75) is 57.1 Å². The van der Waals surface area contributed by atoms with Crippen LogP contribution in [-0.4, -0.2) is 34.1 Å². The lowest BCUT2D eigenvalue weighted by molar-refractivity contribution is 0.0706. The normalized spacial score (nSPS) is 26.6. The van der Waals surface area contributed by atoms with Crippen molar-refractivity contribution in [2.24, 2.45) is 0 Å². The fourth-order valence-corrected chi connectivity index (χ4v) is 3.50. The van der Waals surface area contributed by atoms with Crippen LogP contribution in [0.4, 0.5) is 11.6 Å². The van der Waals surface area contributed by atoms with Crippen molar-refractivity contribution in [3.05, 3.63) is 5.56 Å². The van der Waals surface area contributed by atoms with Gasteiger partial charge in [0.2, 0.25) is 0 Å². The van der Waals surface area contributed by atoms with Crippen LogP contribution in [-0.2, 0) is 0 Å². The van der Waals surface area contributed by atoms with E-state index in [9.17, 15) is 10.4 Å². The van der Waals surface area contributed by atoms with Gasteiger partial charge in [0, 0.05) is 13.1 Å². The zero-order valence-corrected chi connectivity index (χ0v) is 12.3. The number of rotatable bonds is 2. The van der Waals surface area contributed by atoms with Gasteiger partial charge in [-0.25, -0.2) is 4.68 Å². The molecule has 0 amide bonds. The molecule has 3 N–H and O–H groups in total. The molecule has 0 aromatic carbocycles. The van der Waals surface area contributed by atoms with E-state index in [2.05, 4.69) is 16.1 Å². The van der Waals surface area contributed by atoms with Gasteiger partial charge in [-0.1, -0.05) is 12.8 Å². The van der Waals surface area contributed by atoms with Crippen LogP contribution in [0, 0.1) is 11.3 Å². The highest BCUT2D eigenvalue weighted by Gasteiger charge is 2.30. The van der Waals surface area contributed by atoms with Crippen LogP contribution in [0.15, 0.2) is 0 Å². The summed E-state index contributed by atoms with van der Waals surface area (Å²) in [6, 6.07) is 2.11. The van der Waals surface area contributed by atoms with E-state index in [4.69, 9.17) is 5.73 Å². The molecule has 1 aromatic heterocycles. The summed E-state index contributed by atoms with van der Waals surface area (Å²) in [5, 5.41) is 24.3. The van der Waals surface area contributed by atoms with Gasteiger partial charge in [-0.2, -0.15) is 10.4 Å². The molecule has 1 aromatic rings. The minimum atomic E-state index is -0.415. The van der Waals surface area contributed by atoms with Crippen LogP contribution >= 0.6 is 0 Å². The largest absolute Gasteiger partial charge is 0.391 e. The molecule has 2 atom stereocenters. The van der Waals surface area contributed by atoms with Gasteiger partial charge in [0.1, 0.15) is 17.5 Å². The molecule has 114 valence electrons. The smallest absolute Gasteiger partial charge is 0.170 e. The number of nitriles is 1. The third-order valence-electron chi connectivity index (χ3n) is 4.70. The van der Waals surface area contributed by atoms with E-state index >= 15 is 0 Å². The number of anilines is 2. The maximum absolute atomic E-state index is 10.2. The van der Waals surface area contributed by atoms with Crippen molar-refractivity contribution < 1.29 is 5.11 Å². The molecule has 6 nitrogen and oxygen atoms in total. The number of nitrogens with zero attached hydrogens (tertiary/aromatic N) is 4. The second-order valence-corrected chi connectivity index (χ2v) is 6.11. The summed E-state index contributed by atoms with van der Waals surface area (Å²) in [6.07, 6.45) is 6.85. The van der Waals surface area contributed by atoms with Crippen LogP contribution < -0.4 is 10.6 Å². The van der Waals surface area contributed by atoms with Crippen molar-refractivity contribution in [3.63, 3.8) is 0 Å². The van der Waals surface area contributed by atoms with Gasteiger partial charge < -0.3 is 15.7 Å². The lowest BCUT2D eigenvalue weighted by Gasteiger charge is -2.29. The number of nitrogen functional groups attached to an aromatic ring is 1. The SMILES string of the molecule is N#Cc1c(N2CCCCC2)nn(C2CCCCC2O)c1N. The highest BCUT2D eigenvalue weighted by molar-refractivity contribution is 5.65. The third kappa shape index (κ3) is 2.58. The molecule has 3 rings (SSSR count). The van der Waals surface area contributed by atoms with Crippen molar-refractivity contribution in [1.82, 2.24) is 9.78 Å². The Balaban J connectivity index is 1.94. The summed E-state index contributed by atoms with van der Waals surface area (Å²) in [7, 11) is 0. The monoisotopic (exact) mass is 289 g/mol. The van der Waals surface area contributed by atoms with E-state index in [-0.39, 0.29) is 6.04 Å². The van der Waals surface area contributed by atoms with Gasteiger partial charge in [0.05, 0.1) is 12.1 Å². The molecule has 0 radical (unpaired) electrons. The Morgan fingerprint density at radius 2 is 1.86 bits per heavy atom. The molecule has 2 unspecified atom stereocenters. The van der Waals surface area contributed by atoms with Crippen LogP contribution in [0.5, 0.6) is 0 Å². The molecule has 1 saturated heterocycles. The number of nitrogens with two attached hydrogens (primary N) is 1. The zero-order valence-electron chi connectivity index (χ0n) is 12.3. The van der Waals surface area contributed by atoms with Crippen LogP contribution in [0.3, 0.4) is 0 Å². The molecule has 1 saturated carbocycles. The first-order valence-corrected chi connectivity index (χ1v) is 7.93. The lowest BCUT2D eigenvalue weighted by Crippen LogP contribution is -2.31. The van der Waals surface area contributed by atoms with Crippen molar-refractivity contribution in [1.29, 1.82) is 5.26 Å². The lowest BCUT2D eigenvalue weighted by atomic mass is 9.93. The maximum Gasteiger partial charge on any atom is 0.170 e. The summed E-state index contributed by atoms with van der Waals surface area (Å²) < 4.78 is 1.70. The molecule has 1 aliphatic heterocycles. The summed E-state index contributed by atoms with van der Waals surface area (Å²) in [4.78, 5) is 2.16. The second-order valence-electron chi connectivity index (χ2n) is 6.11. The van der Waals surface area contributed by atoms with Crippen LogP contribution in [0.1, 0.15) is 56.6 Å². The third-order valence-corrected chi connectivity index (χ3v) is 4.70. The van der Waals surface area contributed by atoms with Crippen molar-refractivity contribution in [2.75, 3.05) is 23.7 Å². The number of aliphatic hydroxyl groups excluding tert-OH is 1. The Bertz CT molecular complexity index is 541. The summed E-state index contributed by atoms with van der Waals surface area (Å²) in [5.41, 5.74) is 6.62. The molecule has 21 heavy (non-hydrogen) atoms. The van der Waals surface area contributed by atoms with E-state index in [1.54, 1.807) is 4.68 Å². The van der Waals surface area contributed by atoms with Gasteiger partial charge in [0.25, 0.3) is 0 Å². The van der Waals surface area contributed by atoms with E-state index in [1.165, 1.54) is 6.42 Å². The first-order valence-electron chi connectivity index (χ1n) is 7.93. The highest BCUT2D eigenvalue weighted by Crippen LogP contribution is 2.34. The van der Waals surface area contributed by atoms with Crippen molar-refractivity contribution in [3.8, 4) is 6.07 Å². The molecule has 2 aliphatic rings. The fraction of sp³-hybridized carbons (Fsp3) is 0.733. The Morgan fingerprint density at radius 3 is 2.52 bits per heavy atom. The van der Waals surface area contributed by atoms with Gasteiger partial charge in [-0.05, 0) is 32.1 Å². The van der Waals surface area contributed by atoms with Gasteiger partial charge >= 0.3 is 0 Å². The van der Waals surface area contributed by atoms with E-state index < -0.39 is 6.10 Å². The van der Waals surface area contributed by atoms with E-state index in [0.717, 1.165) is 51.6 Å². The first-order chi connectivity index (χ1) is 10.2. The Labute approximate surface area is 125 Å². The Kier molecular flexibility index (Phi) is 4.02.